The third-order valence-electron chi connectivity index (χ3n) is 5.91. The van der Waals surface area contributed by atoms with Crippen LogP contribution >= 0.6 is 0 Å². The van der Waals surface area contributed by atoms with Crippen molar-refractivity contribution >= 4 is 17.5 Å². The number of carboxylic acids is 1. The Balaban J connectivity index is 1.23. The molecule has 174 valence electrons. The number of nitrogens with two attached hydrogens (primary N) is 1. The largest absolute Gasteiger partial charge is 0.480 e. The summed E-state index contributed by atoms with van der Waals surface area (Å²) in [5.74, 6) is -0.258. The van der Waals surface area contributed by atoms with E-state index in [1.807, 2.05) is 47.4 Å². The molecule has 3 N–H and O–H groups in total. The highest BCUT2D eigenvalue weighted by molar-refractivity contribution is 6.03. The molecule has 9 nitrogen and oxygen atoms in total. The van der Waals surface area contributed by atoms with E-state index in [1.54, 1.807) is 6.20 Å². The molecule has 0 spiro atoms. The first kappa shape index (κ1) is 22.9. The maximum absolute atomic E-state index is 10.9. The number of pyridine rings is 1. The second-order valence-electron chi connectivity index (χ2n) is 8.36. The molecule has 1 aromatic heterocycles. The number of aliphatic carboxylic acids is 1. The zero-order valence-electron chi connectivity index (χ0n) is 18.6. The molecule has 1 unspecified atom stereocenters. The van der Waals surface area contributed by atoms with Crippen LogP contribution in [0.2, 0.25) is 0 Å². The van der Waals surface area contributed by atoms with Crippen molar-refractivity contribution in [1.82, 2.24) is 14.8 Å². The van der Waals surface area contributed by atoms with Gasteiger partial charge in [0.2, 0.25) is 0 Å². The average Bonchev–Trinajstić information content (AvgIpc) is 3.29. The van der Waals surface area contributed by atoms with Gasteiger partial charge in [-0.3, -0.25) is 24.6 Å². The Labute approximate surface area is 193 Å². The van der Waals surface area contributed by atoms with Gasteiger partial charge in [-0.05, 0) is 17.7 Å². The van der Waals surface area contributed by atoms with Crippen molar-refractivity contribution in [2.45, 2.75) is 18.9 Å². The van der Waals surface area contributed by atoms with E-state index in [2.05, 4.69) is 20.0 Å². The topological polar surface area (TPSA) is 117 Å². The number of carbonyl (C=O) groups is 1. The number of rotatable bonds is 9. The fourth-order valence-electron chi connectivity index (χ4n) is 4.07. The van der Waals surface area contributed by atoms with Gasteiger partial charge in [-0.15, -0.1) is 0 Å². The Bertz CT molecular complexity index is 985. The minimum atomic E-state index is -0.774. The quantitative estimate of drug-likeness (QED) is 0.436. The van der Waals surface area contributed by atoms with Crippen molar-refractivity contribution in [3.63, 3.8) is 0 Å². The summed E-state index contributed by atoms with van der Waals surface area (Å²) >= 11 is 0. The van der Waals surface area contributed by atoms with Crippen LogP contribution in [0.4, 0.5) is 0 Å². The van der Waals surface area contributed by atoms with E-state index >= 15 is 0 Å². The van der Waals surface area contributed by atoms with E-state index in [0.29, 0.717) is 12.4 Å². The van der Waals surface area contributed by atoms with E-state index in [1.165, 1.54) is 0 Å². The van der Waals surface area contributed by atoms with Crippen molar-refractivity contribution < 1.29 is 14.7 Å². The van der Waals surface area contributed by atoms with Gasteiger partial charge in [-0.25, -0.2) is 0 Å². The normalized spacial score (nSPS) is 19.8. The summed E-state index contributed by atoms with van der Waals surface area (Å²) in [5, 5.41) is 13.2. The lowest BCUT2D eigenvalue weighted by Gasteiger charge is -2.34. The summed E-state index contributed by atoms with van der Waals surface area (Å²) in [5.41, 5.74) is 10.00. The number of oxime groups is 1. The summed E-state index contributed by atoms with van der Waals surface area (Å²) in [7, 11) is 0. The average molecular weight is 451 g/mol. The fourth-order valence-corrected chi connectivity index (χ4v) is 4.07. The summed E-state index contributed by atoms with van der Waals surface area (Å²) in [6.07, 6.45) is 3.30. The second-order valence-corrected chi connectivity index (χ2v) is 8.36. The van der Waals surface area contributed by atoms with E-state index in [0.717, 1.165) is 68.1 Å². The molecule has 3 heterocycles. The van der Waals surface area contributed by atoms with Crippen LogP contribution in [0.5, 0.6) is 0 Å². The number of amidine groups is 1. The van der Waals surface area contributed by atoms with Gasteiger partial charge in [0.1, 0.15) is 11.9 Å². The molecule has 1 atom stereocenters. The summed E-state index contributed by atoms with van der Waals surface area (Å²) in [6, 6.07) is 13.8. The van der Waals surface area contributed by atoms with Crippen molar-refractivity contribution in [2.24, 2.45) is 15.9 Å². The molecule has 1 aromatic carbocycles. The van der Waals surface area contributed by atoms with Gasteiger partial charge in [0, 0.05) is 69.6 Å². The number of carboxylic acid groups (broad SMARTS) is 1. The van der Waals surface area contributed by atoms with Crippen LogP contribution in [0, 0.1) is 0 Å². The molecule has 33 heavy (non-hydrogen) atoms. The molecule has 9 heteroatoms. The minimum Gasteiger partial charge on any atom is -0.480 e. The molecule has 0 saturated carbocycles. The van der Waals surface area contributed by atoms with Crippen LogP contribution in [0.15, 0.2) is 58.8 Å². The molecule has 0 radical (unpaired) electrons. The Kier molecular flexibility index (Phi) is 7.64. The van der Waals surface area contributed by atoms with Crippen molar-refractivity contribution in [1.29, 1.82) is 0 Å². The van der Waals surface area contributed by atoms with Gasteiger partial charge in [0.05, 0.1) is 12.3 Å². The Morgan fingerprint density at radius 2 is 1.88 bits per heavy atom. The van der Waals surface area contributed by atoms with Crippen molar-refractivity contribution in [2.75, 3.05) is 45.8 Å². The Hall–Kier alpha value is -3.30. The van der Waals surface area contributed by atoms with Gasteiger partial charge >= 0.3 is 5.97 Å². The third-order valence-corrected chi connectivity index (χ3v) is 5.91. The molecule has 2 aromatic rings. The molecule has 1 fully saturated rings. The van der Waals surface area contributed by atoms with Crippen molar-refractivity contribution in [3.05, 3.63) is 65.5 Å². The molecule has 0 aliphatic carbocycles. The van der Waals surface area contributed by atoms with Crippen LogP contribution in [-0.2, 0) is 16.1 Å². The van der Waals surface area contributed by atoms with Gasteiger partial charge in [0.25, 0.3) is 0 Å². The van der Waals surface area contributed by atoms with Gasteiger partial charge in [-0.2, -0.15) is 0 Å². The zero-order chi connectivity index (χ0) is 23.0. The molecular weight excluding hydrogens is 420 g/mol. The number of aliphatic imine (C=N–C) groups is 1. The first-order valence-electron chi connectivity index (χ1n) is 11.3. The van der Waals surface area contributed by atoms with E-state index < -0.39 is 5.97 Å². The molecule has 0 bridgehead atoms. The van der Waals surface area contributed by atoms with Crippen LogP contribution < -0.4 is 5.73 Å². The highest BCUT2D eigenvalue weighted by Crippen LogP contribution is 2.19. The SMILES string of the molecule is NC(=NCCc1ccccn1)c1ccc(C2=NOC(CN3CCN(CC(=O)O)CC3)C2)cc1. The van der Waals surface area contributed by atoms with E-state index in [9.17, 15) is 4.79 Å². The number of hydrogen-bond donors (Lipinski definition) is 2. The summed E-state index contributed by atoms with van der Waals surface area (Å²) in [4.78, 5) is 29.6. The van der Waals surface area contributed by atoms with Crippen LogP contribution in [-0.4, -0.2) is 89.3 Å². The highest BCUT2D eigenvalue weighted by atomic mass is 16.6. The third kappa shape index (κ3) is 6.59. The van der Waals surface area contributed by atoms with Crippen LogP contribution in [0.25, 0.3) is 0 Å². The fraction of sp³-hybridized carbons (Fsp3) is 0.417. The number of nitrogens with zero attached hydrogens (tertiary/aromatic N) is 5. The lowest BCUT2D eigenvalue weighted by molar-refractivity contribution is -0.138. The molecule has 0 amide bonds. The first-order chi connectivity index (χ1) is 16.1. The van der Waals surface area contributed by atoms with E-state index in [-0.39, 0.29) is 12.6 Å². The molecular formula is C24H30N6O3. The van der Waals surface area contributed by atoms with Crippen LogP contribution in [0.1, 0.15) is 23.2 Å². The predicted octanol–water partition coefficient (Wildman–Crippen LogP) is 1.22. The maximum Gasteiger partial charge on any atom is 0.317 e. The highest BCUT2D eigenvalue weighted by Gasteiger charge is 2.27. The Morgan fingerprint density at radius 1 is 1.12 bits per heavy atom. The van der Waals surface area contributed by atoms with E-state index in [4.69, 9.17) is 15.7 Å². The van der Waals surface area contributed by atoms with Crippen molar-refractivity contribution in [3.8, 4) is 0 Å². The first-order valence-corrected chi connectivity index (χ1v) is 11.3. The summed E-state index contributed by atoms with van der Waals surface area (Å²) in [6.45, 7) is 4.71. The number of benzene rings is 1. The molecule has 4 rings (SSSR count). The molecule has 1 saturated heterocycles. The number of piperazine rings is 1. The maximum atomic E-state index is 10.9. The Morgan fingerprint density at radius 3 is 2.58 bits per heavy atom. The second kappa shape index (κ2) is 11.0. The standard InChI is InChI=1S/C24H30N6O3/c25-24(27-10-8-20-3-1-2-9-26-20)19-6-4-18(5-7-19)22-15-21(33-28-22)16-29-11-13-30(14-12-29)17-23(31)32/h1-7,9,21H,8,10-17H2,(H2,25,27)(H,31,32). The number of hydrogen-bond acceptors (Lipinski definition) is 7. The minimum absolute atomic E-state index is 0.0175. The molecule has 2 aliphatic rings. The van der Waals surface area contributed by atoms with Gasteiger partial charge in [0.15, 0.2) is 0 Å². The van der Waals surface area contributed by atoms with Gasteiger partial charge < -0.3 is 15.7 Å². The lowest BCUT2D eigenvalue weighted by atomic mass is 10.0. The lowest BCUT2D eigenvalue weighted by Crippen LogP contribution is -2.49. The summed E-state index contributed by atoms with van der Waals surface area (Å²) < 4.78 is 0. The van der Waals surface area contributed by atoms with Crippen LogP contribution in [0.3, 0.4) is 0 Å². The predicted molar refractivity (Wildman–Crippen MR) is 127 cm³/mol. The van der Waals surface area contributed by atoms with Gasteiger partial charge in [-0.1, -0.05) is 35.5 Å². The molecule has 2 aliphatic heterocycles. The monoisotopic (exact) mass is 450 g/mol. The smallest absolute Gasteiger partial charge is 0.317 e. The zero-order valence-corrected chi connectivity index (χ0v) is 18.6. The number of aromatic nitrogens is 1.